The number of hydrogen-bond acceptors (Lipinski definition) is 3. The summed E-state index contributed by atoms with van der Waals surface area (Å²) in [5.74, 6) is 0. The maximum Gasteiger partial charge on any atom is 0.0528 e. The minimum atomic E-state index is -0.232. The number of nitrogens with zero attached hydrogens (tertiary/aromatic N) is 1. The average Bonchev–Trinajstić information content (AvgIpc) is 2.37. The van der Waals surface area contributed by atoms with Gasteiger partial charge in [-0.1, -0.05) is 19.1 Å². The minimum absolute atomic E-state index is 0.232. The maximum atomic E-state index is 9.28. The highest BCUT2D eigenvalue weighted by Crippen LogP contribution is 2.14. The molecule has 0 aliphatic rings. The van der Waals surface area contributed by atoms with E-state index in [4.69, 9.17) is 0 Å². The van der Waals surface area contributed by atoms with Crippen LogP contribution >= 0.6 is 0 Å². The first kappa shape index (κ1) is 15.0. The van der Waals surface area contributed by atoms with Gasteiger partial charge in [0.25, 0.3) is 0 Å². The molecule has 1 aromatic rings. The maximum absolute atomic E-state index is 9.28. The van der Waals surface area contributed by atoms with Crippen molar-refractivity contribution in [3.05, 3.63) is 29.8 Å². The lowest BCUT2D eigenvalue weighted by atomic mass is 10.2. The predicted molar refractivity (Wildman–Crippen MR) is 78.0 cm³/mol. The molecule has 0 fully saturated rings. The Morgan fingerprint density at radius 2 is 1.94 bits per heavy atom. The molecule has 3 heteroatoms. The van der Waals surface area contributed by atoms with Crippen molar-refractivity contribution in [2.75, 3.05) is 25.0 Å². The molecule has 0 bridgehead atoms. The van der Waals surface area contributed by atoms with Crippen LogP contribution < -0.4 is 10.2 Å². The topological polar surface area (TPSA) is 35.5 Å². The van der Waals surface area contributed by atoms with E-state index in [-0.39, 0.29) is 6.10 Å². The van der Waals surface area contributed by atoms with Crippen molar-refractivity contribution >= 4 is 5.69 Å². The van der Waals surface area contributed by atoms with Gasteiger partial charge < -0.3 is 15.3 Å². The summed E-state index contributed by atoms with van der Waals surface area (Å²) >= 11 is 0. The predicted octanol–water partition coefficient (Wildman–Crippen LogP) is 2.39. The summed E-state index contributed by atoms with van der Waals surface area (Å²) < 4.78 is 0. The Kier molecular flexibility index (Phi) is 6.76. The normalized spacial score (nSPS) is 12.4. The number of anilines is 1. The molecule has 1 rings (SSSR count). The highest BCUT2D eigenvalue weighted by Gasteiger charge is 2.03. The molecule has 3 nitrogen and oxygen atoms in total. The lowest BCUT2D eigenvalue weighted by molar-refractivity contribution is 0.187. The van der Waals surface area contributed by atoms with Crippen LogP contribution in [-0.4, -0.2) is 31.3 Å². The van der Waals surface area contributed by atoms with E-state index in [0.29, 0.717) is 0 Å². The zero-order chi connectivity index (χ0) is 13.4. The number of hydrogen-bond donors (Lipinski definition) is 2. The molecule has 18 heavy (non-hydrogen) atoms. The summed E-state index contributed by atoms with van der Waals surface area (Å²) in [5, 5.41) is 12.7. The third-order valence-electron chi connectivity index (χ3n) is 3.02. The quantitative estimate of drug-likeness (QED) is 0.695. The van der Waals surface area contributed by atoms with E-state index in [0.717, 1.165) is 26.1 Å². The Balaban J connectivity index is 2.43. The Morgan fingerprint density at radius 1 is 1.28 bits per heavy atom. The second kappa shape index (κ2) is 8.11. The van der Waals surface area contributed by atoms with Gasteiger partial charge in [0.15, 0.2) is 0 Å². The average molecular weight is 250 g/mol. The van der Waals surface area contributed by atoms with E-state index in [9.17, 15) is 5.11 Å². The Hall–Kier alpha value is -1.06. The van der Waals surface area contributed by atoms with Crippen molar-refractivity contribution in [1.82, 2.24) is 5.32 Å². The molecule has 0 aromatic heterocycles. The van der Waals surface area contributed by atoms with Crippen LogP contribution in [0.1, 0.15) is 32.3 Å². The van der Waals surface area contributed by atoms with E-state index in [2.05, 4.69) is 48.5 Å². The van der Waals surface area contributed by atoms with E-state index in [1.165, 1.54) is 17.7 Å². The minimum Gasteiger partial charge on any atom is -0.393 e. The summed E-state index contributed by atoms with van der Waals surface area (Å²) in [7, 11) is 2.06. The molecule has 0 heterocycles. The highest BCUT2D eigenvalue weighted by atomic mass is 16.3. The van der Waals surface area contributed by atoms with Crippen molar-refractivity contribution in [2.24, 2.45) is 0 Å². The van der Waals surface area contributed by atoms with Crippen LogP contribution in [0.25, 0.3) is 0 Å². The zero-order valence-electron chi connectivity index (χ0n) is 11.8. The van der Waals surface area contributed by atoms with Crippen molar-refractivity contribution in [1.29, 1.82) is 0 Å². The largest absolute Gasteiger partial charge is 0.393 e. The van der Waals surface area contributed by atoms with E-state index in [1.807, 2.05) is 6.92 Å². The third kappa shape index (κ3) is 5.52. The van der Waals surface area contributed by atoms with Gasteiger partial charge in [0, 0.05) is 25.8 Å². The first-order valence-electron chi connectivity index (χ1n) is 6.82. The standard InChI is InChI=1S/C15H26N2O/c1-4-10-16-12-14-5-7-15(8-6-14)17(3)11-9-13(2)18/h5-8,13,16,18H,4,9-12H2,1-3H3. The van der Waals surface area contributed by atoms with Crippen LogP contribution in [-0.2, 0) is 6.54 Å². The lowest BCUT2D eigenvalue weighted by Crippen LogP contribution is -2.21. The van der Waals surface area contributed by atoms with Crippen molar-refractivity contribution in [3.8, 4) is 0 Å². The molecule has 0 aliphatic heterocycles. The molecule has 0 saturated heterocycles. The number of rotatable bonds is 8. The number of nitrogens with one attached hydrogen (secondary N) is 1. The molecule has 1 atom stereocenters. The van der Waals surface area contributed by atoms with Gasteiger partial charge in [-0.15, -0.1) is 0 Å². The summed E-state index contributed by atoms with van der Waals surface area (Å²) in [4.78, 5) is 2.18. The van der Waals surface area contributed by atoms with E-state index >= 15 is 0 Å². The first-order chi connectivity index (χ1) is 8.63. The van der Waals surface area contributed by atoms with Crippen molar-refractivity contribution in [3.63, 3.8) is 0 Å². The van der Waals surface area contributed by atoms with Crippen molar-refractivity contribution in [2.45, 2.75) is 39.3 Å². The molecule has 0 radical (unpaired) electrons. The molecule has 0 amide bonds. The first-order valence-corrected chi connectivity index (χ1v) is 6.82. The molecular weight excluding hydrogens is 224 g/mol. The van der Waals surface area contributed by atoms with E-state index < -0.39 is 0 Å². The fourth-order valence-electron chi connectivity index (χ4n) is 1.79. The highest BCUT2D eigenvalue weighted by molar-refractivity contribution is 5.46. The summed E-state index contributed by atoms with van der Waals surface area (Å²) in [6, 6.07) is 8.61. The molecule has 0 saturated carbocycles. The second-order valence-corrected chi connectivity index (χ2v) is 4.90. The zero-order valence-corrected chi connectivity index (χ0v) is 11.8. The van der Waals surface area contributed by atoms with Gasteiger partial charge in [-0.2, -0.15) is 0 Å². The van der Waals surface area contributed by atoms with Crippen LogP contribution in [0.4, 0.5) is 5.69 Å². The smallest absolute Gasteiger partial charge is 0.0528 e. The SMILES string of the molecule is CCCNCc1ccc(N(C)CCC(C)O)cc1. The van der Waals surface area contributed by atoms with Gasteiger partial charge in [-0.3, -0.25) is 0 Å². The van der Waals surface area contributed by atoms with Crippen LogP contribution in [0, 0.1) is 0 Å². The van der Waals surface area contributed by atoms with Crippen LogP contribution in [0.15, 0.2) is 24.3 Å². The Labute approximate surface area is 111 Å². The molecule has 0 spiro atoms. The summed E-state index contributed by atoms with van der Waals surface area (Å²) in [6.45, 7) is 6.89. The number of benzene rings is 1. The molecule has 1 aromatic carbocycles. The van der Waals surface area contributed by atoms with Gasteiger partial charge in [-0.25, -0.2) is 0 Å². The fourth-order valence-corrected chi connectivity index (χ4v) is 1.79. The van der Waals surface area contributed by atoms with Gasteiger partial charge >= 0.3 is 0 Å². The van der Waals surface area contributed by atoms with Gasteiger partial charge in [0.05, 0.1) is 6.10 Å². The third-order valence-corrected chi connectivity index (χ3v) is 3.02. The molecular formula is C15H26N2O. The second-order valence-electron chi connectivity index (χ2n) is 4.90. The molecule has 2 N–H and O–H groups in total. The van der Waals surface area contributed by atoms with Crippen LogP contribution in [0.3, 0.4) is 0 Å². The fraction of sp³-hybridized carbons (Fsp3) is 0.600. The molecule has 102 valence electrons. The van der Waals surface area contributed by atoms with Crippen LogP contribution in [0.2, 0.25) is 0 Å². The van der Waals surface area contributed by atoms with Crippen molar-refractivity contribution < 1.29 is 5.11 Å². The monoisotopic (exact) mass is 250 g/mol. The number of aliphatic hydroxyl groups excluding tert-OH is 1. The number of aliphatic hydroxyl groups is 1. The lowest BCUT2D eigenvalue weighted by Gasteiger charge is -2.20. The van der Waals surface area contributed by atoms with Gasteiger partial charge in [-0.05, 0) is 44.0 Å². The summed E-state index contributed by atoms with van der Waals surface area (Å²) in [6.07, 6.45) is 1.74. The van der Waals surface area contributed by atoms with E-state index in [1.54, 1.807) is 0 Å². The Morgan fingerprint density at radius 3 is 2.50 bits per heavy atom. The van der Waals surface area contributed by atoms with Gasteiger partial charge in [0.2, 0.25) is 0 Å². The van der Waals surface area contributed by atoms with Gasteiger partial charge in [0.1, 0.15) is 0 Å². The molecule has 1 unspecified atom stereocenters. The van der Waals surface area contributed by atoms with Crippen LogP contribution in [0.5, 0.6) is 0 Å². The molecule has 0 aliphatic carbocycles. The summed E-state index contributed by atoms with van der Waals surface area (Å²) in [5.41, 5.74) is 2.52. The Bertz CT molecular complexity index is 322.